The SMILES string of the molecule is COc1ccnc(NC2CCN(Cc3ccc(SC)cc3)C2)n1. The summed E-state index contributed by atoms with van der Waals surface area (Å²) < 4.78 is 5.14. The van der Waals surface area contributed by atoms with Crippen molar-refractivity contribution in [3.05, 3.63) is 42.1 Å². The van der Waals surface area contributed by atoms with Crippen LogP contribution in [0.4, 0.5) is 5.95 Å². The predicted molar refractivity (Wildman–Crippen MR) is 94.1 cm³/mol. The summed E-state index contributed by atoms with van der Waals surface area (Å²) in [4.78, 5) is 12.3. The first-order valence-corrected chi connectivity index (χ1v) is 8.98. The van der Waals surface area contributed by atoms with Crippen LogP contribution in [-0.2, 0) is 6.54 Å². The van der Waals surface area contributed by atoms with Gasteiger partial charge in [-0.15, -0.1) is 11.8 Å². The lowest BCUT2D eigenvalue weighted by atomic mass is 10.2. The Kier molecular flexibility index (Phi) is 5.35. The van der Waals surface area contributed by atoms with Crippen LogP contribution in [0.3, 0.4) is 0 Å². The molecule has 1 atom stereocenters. The minimum atomic E-state index is 0.382. The maximum Gasteiger partial charge on any atom is 0.226 e. The summed E-state index contributed by atoms with van der Waals surface area (Å²) in [6.45, 7) is 3.09. The van der Waals surface area contributed by atoms with E-state index >= 15 is 0 Å². The van der Waals surface area contributed by atoms with Gasteiger partial charge in [-0.05, 0) is 30.4 Å². The van der Waals surface area contributed by atoms with E-state index in [2.05, 4.69) is 50.7 Å². The smallest absolute Gasteiger partial charge is 0.226 e. The maximum atomic E-state index is 5.14. The Morgan fingerprint density at radius 3 is 2.87 bits per heavy atom. The second kappa shape index (κ2) is 7.66. The minimum Gasteiger partial charge on any atom is -0.481 e. The van der Waals surface area contributed by atoms with Gasteiger partial charge in [0.25, 0.3) is 0 Å². The Bertz CT molecular complexity index is 635. The highest BCUT2D eigenvalue weighted by molar-refractivity contribution is 7.98. The molecule has 1 unspecified atom stereocenters. The first kappa shape index (κ1) is 16.1. The fraction of sp³-hybridized carbons (Fsp3) is 0.412. The molecule has 23 heavy (non-hydrogen) atoms. The third-order valence-corrected chi connectivity index (χ3v) is 4.75. The predicted octanol–water partition coefficient (Wildman–Crippen LogP) is 2.89. The lowest BCUT2D eigenvalue weighted by Gasteiger charge is -2.17. The number of hydrogen-bond acceptors (Lipinski definition) is 6. The number of nitrogens with zero attached hydrogens (tertiary/aromatic N) is 3. The molecule has 1 aliphatic heterocycles. The zero-order chi connectivity index (χ0) is 16.1. The van der Waals surface area contributed by atoms with Crippen molar-refractivity contribution in [2.75, 3.05) is 31.8 Å². The Balaban J connectivity index is 1.53. The zero-order valence-electron chi connectivity index (χ0n) is 13.5. The Hall–Kier alpha value is -1.79. The molecular formula is C17H22N4OS. The minimum absolute atomic E-state index is 0.382. The molecular weight excluding hydrogens is 308 g/mol. The van der Waals surface area contributed by atoms with Crippen LogP contribution in [-0.4, -0.2) is 47.4 Å². The summed E-state index contributed by atoms with van der Waals surface area (Å²) in [6.07, 6.45) is 4.92. The molecule has 1 saturated heterocycles. The van der Waals surface area contributed by atoms with Crippen molar-refractivity contribution in [3.63, 3.8) is 0 Å². The molecule has 1 aromatic carbocycles. The van der Waals surface area contributed by atoms with Crippen LogP contribution in [0.2, 0.25) is 0 Å². The Morgan fingerprint density at radius 2 is 2.13 bits per heavy atom. The van der Waals surface area contributed by atoms with E-state index in [1.807, 2.05) is 0 Å². The number of likely N-dealkylation sites (tertiary alicyclic amines) is 1. The monoisotopic (exact) mass is 330 g/mol. The van der Waals surface area contributed by atoms with Crippen LogP contribution in [0.25, 0.3) is 0 Å². The average Bonchev–Trinajstić information content (AvgIpc) is 3.02. The Labute approximate surface area is 141 Å². The molecule has 0 radical (unpaired) electrons. The van der Waals surface area contributed by atoms with E-state index in [-0.39, 0.29) is 0 Å². The number of ether oxygens (including phenoxy) is 1. The molecule has 122 valence electrons. The molecule has 0 bridgehead atoms. The normalized spacial score (nSPS) is 18.1. The average molecular weight is 330 g/mol. The molecule has 5 nitrogen and oxygen atoms in total. The van der Waals surface area contributed by atoms with Crippen molar-refractivity contribution in [2.24, 2.45) is 0 Å². The van der Waals surface area contributed by atoms with E-state index in [4.69, 9.17) is 4.74 Å². The number of nitrogens with one attached hydrogen (secondary N) is 1. The van der Waals surface area contributed by atoms with Crippen LogP contribution in [0.1, 0.15) is 12.0 Å². The number of anilines is 1. The summed E-state index contributed by atoms with van der Waals surface area (Å²) in [5, 5.41) is 3.40. The van der Waals surface area contributed by atoms with Crippen molar-refractivity contribution >= 4 is 17.7 Å². The van der Waals surface area contributed by atoms with Gasteiger partial charge in [-0.1, -0.05) is 12.1 Å². The van der Waals surface area contributed by atoms with Crippen LogP contribution in [0, 0.1) is 0 Å². The maximum absolute atomic E-state index is 5.14. The number of benzene rings is 1. The third-order valence-electron chi connectivity index (χ3n) is 4.01. The first-order chi connectivity index (χ1) is 11.3. The third kappa shape index (κ3) is 4.36. The van der Waals surface area contributed by atoms with Crippen LogP contribution in [0.15, 0.2) is 41.4 Å². The zero-order valence-corrected chi connectivity index (χ0v) is 14.3. The van der Waals surface area contributed by atoms with Gasteiger partial charge in [0, 0.05) is 42.8 Å². The van der Waals surface area contributed by atoms with Gasteiger partial charge in [0.15, 0.2) is 0 Å². The molecule has 1 aliphatic rings. The molecule has 3 rings (SSSR count). The van der Waals surface area contributed by atoms with E-state index in [0.29, 0.717) is 17.9 Å². The fourth-order valence-electron chi connectivity index (χ4n) is 2.79. The standard InChI is InChI=1S/C17H22N4OS/c1-22-16-7-9-18-17(20-16)19-14-8-10-21(12-14)11-13-3-5-15(23-2)6-4-13/h3-7,9,14H,8,10-12H2,1-2H3,(H,18,19,20). The largest absolute Gasteiger partial charge is 0.481 e. The van der Waals surface area contributed by atoms with Crippen LogP contribution < -0.4 is 10.1 Å². The number of aromatic nitrogens is 2. The molecule has 1 fully saturated rings. The van der Waals surface area contributed by atoms with Gasteiger partial charge in [-0.2, -0.15) is 4.98 Å². The molecule has 2 aromatic rings. The van der Waals surface area contributed by atoms with Crippen molar-refractivity contribution in [1.29, 1.82) is 0 Å². The second-order valence-corrected chi connectivity index (χ2v) is 6.52. The number of rotatable bonds is 6. The van der Waals surface area contributed by atoms with Crippen molar-refractivity contribution < 1.29 is 4.74 Å². The van der Waals surface area contributed by atoms with Crippen molar-refractivity contribution in [2.45, 2.75) is 23.9 Å². The van der Waals surface area contributed by atoms with Crippen LogP contribution >= 0.6 is 11.8 Å². The molecule has 0 saturated carbocycles. The molecule has 1 N–H and O–H groups in total. The second-order valence-electron chi connectivity index (χ2n) is 5.64. The summed E-state index contributed by atoms with van der Waals surface area (Å²) in [5.41, 5.74) is 1.36. The van der Waals surface area contributed by atoms with Crippen molar-refractivity contribution in [1.82, 2.24) is 14.9 Å². The van der Waals surface area contributed by atoms with Gasteiger partial charge in [-0.25, -0.2) is 4.98 Å². The van der Waals surface area contributed by atoms with E-state index in [1.54, 1.807) is 31.1 Å². The highest BCUT2D eigenvalue weighted by Crippen LogP contribution is 2.19. The van der Waals surface area contributed by atoms with Gasteiger partial charge in [0.05, 0.1) is 7.11 Å². The highest BCUT2D eigenvalue weighted by Gasteiger charge is 2.23. The lowest BCUT2D eigenvalue weighted by Crippen LogP contribution is -2.26. The molecule has 2 heterocycles. The van der Waals surface area contributed by atoms with Gasteiger partial charge < -0.3 is 10.1 Å². The topological polar surface area (TPSA) is 50.3 Å². The van der Waals surface area contributed by atoms with E-state index < -0.39 is 0 Å². The van der Waals surface area contributed by atoms with Crippen LogP contribution in [0.5, 0.6) is 5.88 Å². The van der Waals surface area contributed by atoms with Gasteiger partial charge in [-0.3, -0.25) is 4.90 Å². The first-order valence-electron chi connectivity index (χ1n) is 7.75. The number of hydrogen-bond donors (Lipinski definition) is 1. The number of methoxy groups -OCH3 is 1. The fourth-order valence-corrected chi connectivity index (χ4v) is 3.20. The Morgan fingerprint density at radius 1 is 1.30 bits per heavy atom. The quantitative estimate of drug-likeness (QED) is 0.822. The van der Waals surface area contributed by atoms with Gasteiger partial charge in [0.1, 0.15) is 0 Å². The summed E-state index contributed by atoms with van der Waals surface area (Å²) in [5.74, 6) is 1.23. The molecule has 0 spiro atoms. The van der Waals surface area contributed by atoms with Crippen molar-refractivity contribution in [3.8, 4) is 5.88 Å². The lowest BCUT2D eigenvalue weighted by molar-refractivity contribution is 0.328. The summed E-state index contributed by atoms with van der Waals surface area (Å²) in [6, 6.07) is 11.0. The van der Waals surface area contributed by atoms with Gasteiger partial charge >= 0.3 is 0 Å². The van der Waals surface area contributed by atoms with Gasteiger partial charge in [0.2, 0.25) is 11.8 Å². The summed E-state index contributed by atoms with van der Waals surface area (Å²) >= 11 is 1.78. The molecule has 6 heteroatoms. The summed E-state index contributed by atoms with van der Waals surface area (Å²) in [7, 11) is 1.62. The van der Waals surface area contributed by atoms with E-state index in [0.717, 1.165) is 26.1 Å². The van der Waals surface area contributed by atoms with E-state index in [9.17, 15) is 0 Å². The highest BCUT2D eigenvalue weighted by atomic mass is 32.2. The van der Waals surface area contributed by atoms with E-state index in [1.165, 1.54) is 10.5 Å². The molecule has 0 aliphatic carbocycles. The molecule has 1 aromatic heterocycles. The molecule has 0 amide bonds. The number of thioether (sulfide) groups is 1.